The van der Waals surface area contributed by atoms with Gasteiger partial charge in [0.05, 0.1) is 12.4 Å². The molecule has 6 heteroatoms. The number of alkyl halides is 1. The molecule has 21 heavy (non-hydrogen) atoms. The van der Waals surface area contributed by atoms with Crippen molar-refractivity contribution in [1.29, 1.82) is 0 Å². The van der Waals surface area contributed by atoms with E-state index in [1.54, 1.807) is 0 Å². The zero-order chi connectivity index (χ0) is 15.4. The molecule has 0 aliphatic heterocycles. The van der Waals surface area contributed by atoms with E-state index in [4.69, 9.17) is 0 Å². The van der Waals surface area contributed by atoms with Crippen molar-refractivity contribution in [2.75, 3.05) is 12.0 Å². The van der Waals surface area contributed by atoms with Crippen molar-refractivity contribution in [2.45, 2.75) is 18.9 Å². The van der Waals surface area contributed by atoms with Crippen LogP contribution in [0.15, 0.2) is 30.9 Å². The third-order valence-electron chi connectivity index (χ3n) is 3.49. The van der Waals surface area contributed by atoms with Crippen LogP contribution in [0.2, 0.25) is 0 Å². The molecule has 1 fully saturated rings. The summed E-state index contributed by atoms with van der Waals surface area (Å²) in [7, 11) is 0. The number of nitrogens with one attached hydrogen (secondary N) is 2. The summed E-state index contributed by atoms with van der Waals surface area (Å²) in [5, 5.41) is 14.9. The van der Waals surface area contributed by atoms with Crippen molar-refractivity contribution in [1.82, 2.24) is 5.32 Å². The maximum atomic E-state index is 12.3. The summed E-state index contributed by atoms with van der Waals surface area (Å²) in [4.78, 5) is 23.3. The van der Waals surface area contributed by atoms with Gasteiger partial charge in [0, 0.05) is 11.6 Å². The largest absolute Gasteiger partial charge is 0.506 e. The van der Waals surface area contributed by atoms with Crippen molar-refractivity contribution in [3.8, 4) is 5.75 Å². The number of anilines is 1. The average Bonchev–Trinajstić information content (AvgIpc) is 2.44. The molecule has 1 aromatic rings. The Bertz CT molecular complexity index is 568. The highest BCUT2D eigenvalue weighted by Gasteiger charge is 2.30. The second-order valence-corrected chi connectivity index (χ2v) is 5.09. The van der Waals surface area contributed by atoms with Gasteiger partial charge in [-0.1, -0.05) is 6.58 Å². The van der Waals surface area contributed by atoms with Crippen LogP contribution in [0, 0.1) is 5.92 Å². The molecule has 0 heterocycles. The van der Waals surface area contributed by atoms with Crippen molar-refractivity contribution >= 4 is 17.5 Å². The molecule has 3 N–H and O–H groups in total. The lowest BCUT2D eigenvalue weighted by Crippen LogP contribution is -2.44. The van der Waals surface area contributed by atoms with E-state index < -0.39 is 5.91 Å². The Labute approximate surface area is 121 Å². The van der Waals surface area contributed by atoms with Gasteiger partial charge in [-0.05, 0) is 43.0 Å². The first-order chi connectivity index (χ1) is 10.0. The summed E-state index contributed by atoms with van der Waals surface area (Å²) < 4.78 is 12.3. The lowest BCUT2D eigenvalue weighted by Gasteiger charge is -2.34. The summed E-state index contributed by atoms with van der Waals surface area (Å²) in [6, 6.07) is 4.16. The molecule has 0 unspecified atom stereocenters. The topological polar surface area (TPSA) is 78.4 Å². The molecule has 5 nitrogen and oxygen atoms in total. The zero-order valence-corrected chi connectivity index (χ0v) is 11.4. The lowest BCUT2D eigenvalue weighted by atomic mass is 9.81. The van der Waals surface area contributed by atoms with Crippen molar-refractivity contribution in [2.24, 2.45) is 5.92 Å². The van der Waals surface area contributed by atoms with Crippen molar-refractivity contribution < 1.29 is 19.1 Å². The van der Waals surface area contributed by atoms with E-state index in [-0.39, 0.29) is 36.0 Å². The smallest absolute Gasteiger partial charge is 0.251 e. The van der Waals surface area contributed by atoms with E-state index >= 15 is 0 Å². The molecular weight excluding hydrogens is 275 g/mol. The first-order valence-electron chi connectivity index (χ1n) is 6.66. The number of aromatic hydroxyl groups is 1. The highest BCUT2D eigenvalue weighted by molar-refractivity contribution is 6.02. The Morgan fingerprint density at radius 2 is 2.14 bits per heavy atom. The maximum Gasteiger partial charge on any atom is 0.251 e. The summed E-state index contributed by atoms with van der Waals surface area (Å²) in [6.45, 7) is 2.96. The summed E-state index contributed by atoms with van der Waals surface area (Å²) in [5.41, 5.74) is 0.457. The molecule has 0 bridgehead atoms. The molecule has 1 aromatic carbocycles. The molecular formula is C15H17FN2O3. The second-order valence-electron chi connectivity index (χ2n) is 5.09. The fourth-order valence-corrected chi connectivity index (χ4v) is 2.21. The highest BCUT2D eigenvalue weighted by atomic mass is 19.1. The van der Waals surface area contributed by atoms with Gasteiger partial charge in [-0.15, -0.1) is 0 Å². The number of carbonyl (C=O) groups excluding carboxylic acids is 2. The van der Waals surface area contributed by atoms with Gasteiger partial charge in [-0.3, -0.25) is 14.0 Å². The minimum Gasteiger partial charge on any atom is -0.506 e. The highest BCUT2D eigenvalue weighted by Crippen LogP contribution is 2.28. The van der Waals surface area contributed by atoms with Crippen LogP contribution in [0.3, 0.4) is 0 Å². The number of rotatable bonds is 5. The first-order valence-corrected chi connectivity index (χ1v) is 6.66. The van der Waals surface area contributed by atoms with E-state index in [0.717, 1.165) is 6.08 Å². The molecule has 0 saturated heterocycles. The fraction of sp³-hybridized carbons (Fsp3) is 0.333. The van der Waals surface area contributed by atoms with Crippen LogP contribution in [0.25, 0.3) is 0 Å². The number of carbonyl (C=O) groups is 2. The third-order valence-corrected chi connectivity index (χ3v) is 3.49. The number of phenols is 1. The van der Waals surface area contributed by atoms with Crippen LogP contribution < -0.4 is 10.6 Å². The summed E-state index contributed by atoms with van der Waals surface area (Å²) in [6.07, 6.45) is 2.35. The van der Waals surface area contributed by atoms with E-state index in [2.05, 4.69) is 17.2 Å². The van der Waals surface area contributed by atoms with Crippen LogP contribution in [-0.4, -0.2) is 29.6 Å². The monoisotopic (exact) mass is 292 g/mol. The van der Waals surface area contributed by atoms with Gasteiger partial charge >= 0.3 is 0 Å². The Morgan fingerprint density at radius 3 is 2.76 bits per heavy atom. The molecule has 0 aromatic heterocycles. The maximum absolute atomic E-state index is 12.3. The standard InChI is InChI=1S/C15H17FN2O3/c1-2-14(20)18-12-7-10(3-4-13(12)19)15(21)17-11-5-9(6-11)8-16/h2-4,7,9,11,19H,1,5-6,8H2,(H,17,21)(H,18,20). The molecule has 2 amide bonds. The van der Waals surface area contributed by atoms with E-state index in [0.29, 0.717) is 18.4 Å². The molecule has 2 rings (SSSR count). The lowest BCUT2D eigenvalue weighted by molar-refractivity contribution is -0.111. The molecule has 1 aliphatic rings. The fourth-order valence-electron chi connectivity index (χ4n) is 2.21. The minimum atomic E-state index is -0.479. The van der Waals surface area contributed by atoms with Crippen molar-refractivity contribution in [3.63, 3.8) is 0 Å². The number of halogens is 1. The SMILES string of the molecule is C=CC(=O)Nc1cc(C(=O)NC2CC(CF)C2)ccc1O. The molecule has 0 spiro atoms. The minimum absolute atomic E-state index is 0.0155. The van der Waals surface area contributed by atoms with Crippen LogP contribution in [-0.2, 0) is 4.79 Å². The van der Waals surface area contributed by atoms with Crippen LogP contribution in [0.1, 0.15) is 23.2 Å². The van der Waals surface area contributed by atoms with Gasteiger partial charge in [-0.25, -0.2) is 0 Å². The van der Waals surface area contributed by atoms with Crippen LogP contribution >= 0.6 is 0 Å². The number of hydrogen-bond acceptors (Lipinski definition) is 3. The van der Waals surface area contributed by atoms with E-state index in [9.17, 15) is 19.1 Å². The predicted molar refractivity (Wildman–Crippen MR) is 76.9 cm³/mol. The Kier molecular flexibility index (Phi) is 4.57. The van der Waals surface area contributed by atoms with Gasteiger partial charge in [0.1, 0.15) is 5.75 Å². The zero-order valence-electron chi connectivity index (χ0n) is 11.4. The molecule has 0 radical (unpaired) electrons. The number of hydrogen-bond donors (Lipinski definition) is 3. The van der Waals surface area contributed by atoms with Crippen LogP contribution in [0.5, 0.6) is 5.75 Å². The Hall–Kier alpha value is -2.37. The summed E-state index contributed by atoms with van der Waals surface area (Å²) >= 11 is 0. The van der Waals surface area contributed by atoms with Gasteiger partial charge in [0.25, 0.3) is 5.91 Å². The predicted octanol–water partition coefficient (Wildman–Crippen LogP) is 1.99. The quantitative estimate of drug-likeness (QED) is 0.573. The molecule has 1 aliphatic carbocycles. The molecule has 0 atom stereocenters. The normalized spacial score (nSPS) is 20.2. The number of amides is 2. The van der Waals surface area contributed by atoms with Gasteiger partial charge < -0.3 is 15.7 Å². The summed E-state index contributed by atoms with van der Waals surface area (Å²) in [5.74, 6) is -0.889. The van der Waals surface area contributed by atoms with E-state index in [1.807, 2.05) is 0 Å². The first kappa shape index (κ1) is 15.0. The van der Waals surface area contributed by atoms with Crippen molar-refractivity contribution in [3.05, 3.63) is 36.4 Å². The Morgan fingerprint density at radius 1 is 1.43 bits per heavy atom. The Balaban J connectivity index is 2.02. The number of benzene rings is 1. The van der Waals surface area contributed by atoms with Gasteiger partial charge in [0.2, 0.25) is 5.91 Å². The van der Waals surface area contributed by atoms with Gasteiger partial charge in [0.15, 0.2) is 0 Å². The second kappa shape index (κ2) is 6.39. The van der Waals surface area contributed by atoms with Gasteiger partial charge in [-0.2, -0.15) is 0 Å². The molecule has 112 valence electrons. The average molecular weight is 292 g/mol. The van der Waals surface area contributed by atoms with E-state index in [1.165, 1.54) is 18.2 Å². The third kappa shape index (κ3) is 3.59. The molecule has 1 saturated carbocycles. The van der Waals surface area contributed by atoms with Crippen LogP contribution in [0.4, 0.5) is 10.1 Å². The number of phenolic OH excluding ortho intramolecular Hbond substituents is 1.